The molecule has 0 radical (unpaired) electrons. The molecule has 141 heavy (non-hydrogen) atoms. The molecule has 6 rings (SSSR count). The van der Waals surface area contributed by atoms with Gasteiger partial charge < -0.3 is 127 Å². The first-order valence-corrected chi connectivity index (χ1v) is 49.2. The lowest BCUT2D eigenvalue weighted by Crippen LogP contribution is -2.60. The van der Waals surface area contributed by atoms with Crippen molar-refractivity contribution >= 4 is 66.0 Å². The number of methoxy groups -OCH3 is 6. The predicted octanol–water partition coefficient (Wildman–Crippen LogP) is 13.5. The van der Waals surface area contributed by atoms with Gasteiger partial charge in [-0.25, -0.2) is 24.0 Å². The normalized spacial score (nSPS) is 14.9. The van der Waals surface area contributed by atoms with E-state index >= 15 is 0 Å². The van der Waals surface area contributed by atoms with Gasteiger partial charge in [-0.3, -0.25) is 33.7 Å². The van der Waals surface area contributed by atoms with Crippen molar-refractivity contribution in [3.8, 4) is 34.5 Å². The summed E-state index contributed by atoms with van der Waals surface area (Å²) in [6.45, 7) is 32.6. The summed E-state index contributed by atoms with van der Waals surface area (Å²) in [7, 11) is 14.3. The Bertz CT molecular complexity index is 4280. The number of likely N-dealkylation sites (N-methyl/N-ethyl adjacent to an activating group) is 3. The van der Waals surface area contributed by atoms with E-state index in [2.05, 4.69) is 109 Å². The molecule has 3 atom stereocenters. The lowest BCUT2D eigenvalue weighted by molar-refractivity contribution is -0.138. The molecule has 0 spiro atoms. The Balaban J connectivity index is 0.000000685. The van der Waals surface area contributed by atoms with Crippen LogP contribution in [0.3, 0.4) is 0 Å². The van der Waals surface area contributed by atoms with E-state index in [1.54, 1.807) is 137 Å². The van der Waals surface area contributed by atoms with Crippen molar-refractivity contribution in [1.82, 2.24) is 60.9 Å². The lowest BCUT2D eigenvalue weighted by Gasteiger charge is -2.42. The highest BCUT2D eigenvalue weighted by molar-refractivity contribution is 5.80. The Hall–Kier alpha value is -10.9. The Morgan fingerprint density at radius 3 is 1.09 bits per heavy atom. The standard InChI is InChI=1S/C36H58N4O9.C31H50N4O7.C30H48N4O6.C6H12O4.H2/c1-27(2)13-11-9-10-12-14-32(41)37-24-28-15-16-30(31(23-28)46-8)48-35(44)40-19-18-39(33(42)17-20-47-22-21-45-7)26-29(40)25-38(6)34(43)49-36(3,4)5;1-24(2)10-8-6-7-9-11-29(36)33-21-25-12-13-27(28(20-25)40-5)42-31(38)35-16-15-34(23-26(35)22-32-3)30(37)14-17-41-19-18-39-4;1-22(2)12-10-8-9-11-13-27(35)32-19-23-14-15-25(26(18-23)38-7)39-29(37)34-17-16-31-20-24(34)21-33(6)28(36)40-30(3,4)5;1-9-4-5-10-3-2-6(7)8;/h11,13,15-16,23,27,29H,9-10,12,14,17-22,24-26H2,1-8H3,(H,37,41);8,10,12-13,20,24,26,32H,6-7,9,11,14-19,21-23H2,1-5H3,(H,33,36);10,12,14-15,18,22,24,31H,8-9,11,13,16-17,19-21H2,1-7H3,(H,32,35);2-5H2,1H3,(H,7,8);1H/b13-11+;10-8+;12-10+;;. The molecule has 3 aromatic rings. The van der Waals surface area contributed by atoms with Gasteiger partial charge in [0.1, 0.15) is 11.2 Å². The van der Waals surface area contributed by atoms with Gasteiger partial charge in [0, 0.05) is 154 Å². The van der Waals surface area contributed by atoms with Crippen LogP contribution in [-0.2, 0) is 86.3 Å². The maximum atomic E-state index is 13.6. The van der Waals surface area contributed by atoms with Crippen molar-refractivity contribution in [2.24, 2.45) is 17.8 Å². The minimum atomic E-state index is -0.836. The monoisotopic (exact) mass is 1990 g/mol. The van der Waals surface area contributed by atoms with E-state index < -0.39 is 53.7 Å². The highest BCUT2D eigenvalue weighted by Crippen LogP contribution is 2.33. The number of carbonyl (C=O) groups excluding carboxylic acids is 10. The number of nitrogens with one attached hydrogen (secondary N) is 5. The first-order valence-electron chi connectivity index (χ1n) is 49.2. The maximum absolute atomic E-state index is 13.6. The highest BCUT2D eigenvalue weighted by atomic mass is 16.6. The molecule has 6 N–H and O–H groups in total. The number of unbranched alkanes of at least 4 members (excludes halogenated alkanes) is 6. The molecule has 3 unspecified atom stereocenters. The van der Waals surface area contributed by atoms with Gasteiger partial charge in [0.15, 0.2) is 34.5 Å². The third-order valence-corrected chi connectivity index (χ3v) is 21.6. The van der Waals surface area contributed by atoms with Crippen LogP contribution in [0.5, 0.6) is 34.5 Å². The molecule has 3 fully saturated rings. The third-order valence-electron chi connectivity index (χ3n) is 21.6. The molecule has 10 amide bonds. The van der Waals surface area contributed by atoms with E-state index in [4.69, 9.17) is 66.7 Å². The Kier molecular flexibility index (Phi) is 62.3. The summed E-state index contributed by atoms with van der Waals surface area (Å²) in [5.74, 6) is 2.57. The summed E-state index contributed by atoms with van der Waals surface area (Å²) in [6, 6.07) is 14.5. The fourth-order valence-corrected chi connectivity index (χ4v) is 14.2. The third kappa shape index (κ3) is 54.8. The minimum absolute atomic E-state index is 0. The van der Waals surface area contributed by atoms with Crippen LogP contribution < -0.4 is 55.0 Å². The van der Waals surface area contributed by atoms with Crippen molar-refractivity contribution in [3.05, 3.63) is 108 Å². The number of carboxylic acid groups (broad SMARTS) is 1. The van der Waals surface area contributed by atoms with Crippen LogP contribution in [-0.4, -0.2) is 337 Å². The quantitative estimate of drug-likeness (QED) is 0.0226. The van der Waals surface area contributed by atoms with Crippen LogP contribution in [0.4, 0.5) is 24.0 Å². The zero-order valence-corrected chi connectivity index (χ0v) is 88.0. The SMILES string of the molecule is CNCC1CN(C(=O)CCOCCOC)CCN1C(=O)Oc1ccc(CNC(=O)CCCC/C=C/C(C)C)cc1OC.COCCOCCC(=O)N1CCN(C(=O)Oc2ccc(CNC(=O)CCCC/C=C/C(C)C)cc2OC)C(CN(C)C(=O)OC(C)(C)C)C1.COCCOCCC(=O)O.COc1cc(CNC(=O)CCCC/C=C/C(C)C)ccc1OC(=O)N1CCNCC1CN(C)C(=O)OC(C)(C)C.[HH]. The summed E-state index contributed by atoms with van der Waals surface area (Å²) >= 11 is 0. The number of piperazine rings is 3. The average Bonchev–Trinajstić information content (AvgIpc) is 0.810. The topological polar surface area (TPSA) is 420 Å². The summed E-state index contributed by atoms with van der Waals surface area (Å²) in [5, 5.41) is 23.3. The number of rotatable bonds is 54. The molecule has 3 heterocycles. The second-order valence-electron chi connectivity index (χ2n) is 37.3. The van der Waals surface area contributed by atoms with E-state index in [0.29, 0.717) is 185 Å². The number of aliphatic carboxylic acids is 1. The summed E-state index contributed by atoms with van der Waals surface area (Å²) in [6.07, 6.45) is 20.7. The number of amides is 10. The molecule has 0 saturated carbocycles. The second-order valence-corrected chi connectivity index (χ2v) is 37.3. The van der Waals surface area contributed by atoms with Gasteiger partial charge >= 0.3 is 36.4 Å². The van der Waals surface area contributed by atoms with Gasteiger partial charge in [0.2, 0.25) is 29.5 Å². The number of ether oxygens (including phenoxy) is 14. The van der Waals surface area contributed by atoms with Gasteiger partial charge in [-0.05, 0) is 177 Å². The van der Waals surface area contributed by atoms with E-state index in [0.717, 1.165) is 74.5 Å². The van der Waals surface area contributed by atoms with Gasteiger partial charge in [-0.1, -0.05) is 96.2 Å². The fraction of sp³-hybridized carbons (Fsp3) is 0.660. The first-order chi connectivity index (χ1) is 67.2. The van der Waals surface area contributed by atoms with E-state index in [1.807, 2.05) is 20.8 Å². The number of carboxylic acids is 1. The molecule has 38 heteroatoms. The molecule has 798 valence electrons. The van der Waals surface area contributed by atoms with E-state index in [1.165, 1.54) is 36.0 Å². The van der Waals surface area contributed by atoms with Crippen LogP contribution in [0.25, 0.3) is 0 Å². The Morgan fingerprint density at radius 2 is 0.766 bits per heavy atom. The molecule has 0 aliphatic carbocycles. The number of nitrogens with zero attached hydrogens (tertiary/aromatic N) is 7. The molecule has 0 bridgehead atoms. The zero-order chi connectivity index (χ0) is 105. The van der Waals surface area contributed by atoms with Gasteiger partial charge in [-0.2, -0.15) is 0 Å². The van der Waals surface area contributed by atoms with Crippen LogP contribution in [0.2, 0.25) is 0 Å². The molecular formula is C103H170N12O26. The van der Waals surface area contributed by atoms with E-state index in [9.17, 15) is 52.7 Å². The maximum Gasteiger partial charge on any atom is 0.415 e. The number of carbonyl (C=O) groups is 11. The predicted molar refractivity (Wildman–Crippen MR) is 541 cm³/mol. The number of benzene rings is 3. The molecule has 3 aromatic carbocycles. The average molecular weight is 1990 g/mol. The van der Waals surface area contributed by atoms with Crippen molar-refractivity contribution in [1.29, 1.82) is 0 Å². The van der Waals surface area contributed by atoms with Gasteiger partial charge in [-0.15, -0.1) is 0 Å². The summed E-state index contributed by atoms with van der Waals surface area (Å²) < 4.78 is 75.0. The van der Waals surface area contributed by atoms with E-state index in [-0.39, 0.29) is 107 Å². The Morgan fingerprint density at radius 1 is 0.433 bits per heavy atom. The van der Waals surface area contributed by atoms with Crippen molar-refractivity contribution in [3.63, 3.8) is 0 Å². The number of hydrogen-bond acceptors (Lipinski definition) is 27. The van der Waals surface area contributed by atoms with Gasteiger partial charge in [0.05, 0.1) is 118 Å². The summed E-state index contributed by atoms with van der Waals surface area (Å²) in [4.78, 5) is 149. The van der Waals surface area contributed by atoms with Crippen LogP contribution >= 0.6 is 0 Å². The van der Waals surface area contributed by atoms with Crippen molar-refractivity contribution < 1.29 is 126 Å². The molecule has 0 aromatic heterocycles. The molecule has 3 aliphatic heterocycles. The lowest BCUT2D eigenvalue weighted by atomic mass is 10.1. The molecular weight excluding hydrogens is 1820 g/mol. The minimum Gasteiger partial charge on any atom is -0.493 e. The highest BCUT2D eigenvalue weighted by Gasteiger charge is 2.39. The van der Waals surface area contributed by atoms with Crippen LogP contribution in [0.1, 0.15) is 198 Å². The molecule has 3 aliphatic rings. The first kappa shape index (κ1) is 124. The number of hydrogen-bond donors (Lipinski definition) is 6. The Labute approximate surface area is 838 Å². The number of allylic oxidation sites excluding steroid dienone is 6. The smallest absolute Gasteiger partial charge is 0.415 e. The van der Waals surface area contributed by atoms with Gasteiger partial charge in [0.25, 0.3) is 0 Å². The van der Waals surface area contributed by atoms with Crippen LogP contribution in [0.15, 0.2) is 91.1 Å². The van der Waals surface area contributed by atoms with Crippen LogP contribution in [0, 0.1) is 17.8 Å². The fourth-order valence-electron chi connectivity index (χ4n) is 14.2. The molecule has 3 saturated heterocycles. The largest absolute Gasteiger partial charge is 0.493 e. The van der Waals surface area contributed by atoms with Crippen molar-refractivity contribution in [2.75, 3.05) is 202 Å². The van der Waals surface area contributed by atoms with Crippen molar-refractivity contribution in [2.45, 2.75) is 228 Å². The summed E-state index contributed by atoms with van der Waals surface area (Å²) in [5.41, 5.74) is 1.16. The molecule has 38 nitrogen and oxygen atoms in total. The zero-order valence-electron chi connectivity index (χ0n) is 88.0. The second kappa shape index (κ2) is 70.7.